The highest BCUT2D eigenvalue weighted by molar-refractivity contribution is 8.03. The van der Waals surface area contributed by atoms with E-state index in [0.717, 1.165) is 34.6 Å². The Morgan fingerprint density at radius 2 is 1.50 bits per heavy atom. The van der Waals surface area contributed by atoms with Gasteiger partial charge in [0.15, 0.2) is 10.6 Å². The van der Waals surface area contributed by atoms with Crippen LogP contribution in [0, 0.1) is 0 Å². The van der Waals surface area contributed by atoms with E-state index in [0.29, 0.717) is 9.51 Å². The standard InChI is InChI=1S/C16H17F3NO5S3/c17-16(18,19)27(21,22)20-28(23,24)25-14-8-9-15(26-10-4-1-5-11-26)13-7-3-2-6-12(13)14/h2-3,6-9,20H,1,4-5,10-11H2/q+1. The molecule has 0 amide bonds. The van der Waals surface area contributed by atoms with Crippen LogP contribution in [0.1, 0.15) is 19.3 Å². The van der Waals surface area contributed by atoms with E-state index in [4.69, 9.17) is 0 Å². The molecular weight excluding hydrogens is 439 g/mol. The first kappa shape index (κ1) is 21.2. The van der Waals surface area contributed by atoms with Gasteiger partial charge in [0.1, 0.15) is 11.5 Å². The molecule has 28 heavy (non-hydrogen) atoms. The molecule has 1 N–H and O–H groups in total. The summed E-state index contributed by atoms with van der Waals surface area (Å²) in [6, 6.07) is 9.80. The van der Waals surface area contributed by atoms with Gasteiger partial charge in [-0.15, -0.1) is 0 Å². The van der Waals surface area contributed by atoms with E-state index in [1.54, 1.807) is 30.3 Å². The number of benzene rings is 2. The van der Waals surface area contributed by atoms with Crippen LogP contribution in [0.15, 0.2) is 41.3 Å². The van der Waals surface area contributed by atoms with Crippen LogP contribution in [0.3, 0.4) is 0 Å². The van der Waals surface area contributed by atoms with E-state index >= 15 is 0 Å². The monoisotopic (exact) mass is 456 g/mol. The number of sulfonamides is 1. The Morgan fingerprint density at radius 1 is 0.893 bits per heavy atom. The molecule has 0 unspecified atom stereocenters. The van der Waals surface area contributed by atoms with Crippen molar-refractivity contribution < 1.29 is 34.2 Å². The molecule has 154 valence electrons. The molecule has 2 aromatic carbocycles. The lowest BCUT2D eigenvalue weighted by atomic mass is 10.1. The average Bonchev–Trinajstić information content (AvgIpc) is 2.60. The van der Waals surface area contributed by atoms with Crippen LogP contribution in [0.5, 0.6) is 5.75 Å². The fourth-order valence-electron chi connectivity index (χ4n) is 2.94. The molecule has 12 heteroatoms. The molecule has 1 heterocycles. The summed E-state index contributed by atoms with van der Waals surface area (Å²) < 4.78 is 88.5. The number of hydrogen-bond acceptors (Lipinski definition) is 5. The Kier molecular flexibility index (Phi) is 5.86. The molecule has 0 bridgehead atoms. The van der Waals surface area contributed by atoms with Crippen molar-refractivity contribution in [3.8, 4) is 5.75 Å². The quantitative estimate of drug-likeness (QED) is 0.699. The summed E-state index contributed by atoms with van der Waals surface area (Å²) >= 11 is 0. The third kappa shape index (κ3) is 4.56. The van der Waals surface area contributed by atoms with Gasteiger partial charge < -0.3 is 4.18 Å². The van der Waals surface area contributed by atoms with Crippen molar-refractivity contribution in [1.82, 2.24) is 4.13 Å². The number of hydrogen-bond donors (Lipinski definition) is 1. The number of rotatable bonds is 5. The van der Waals surface area contributed by atoms with E-state index in [9.17, 15) is 30.0 Å². The van der Waals surface area contributed by atoms with Crippen LogP contribution in [-0.4, -0.2) is 33.8 Å². The van der Waals surface area contributed by atoms with Crippen molar-refractivity contribution in [3.63, 3.8) is 0 Å². The molecule has 0 aromatic heterocycles. The zero-order chi connectivity index (χ0) is 20.6. The third-order valence-corrected chi connectivity index (χ3v) is 9.40. The van der Waals surface area contributed by atoms with Crippen LogP contribution < -0.4 is 8.31 Å². The van der Waals surface area contributed by atoms with E-state index in [1.165, 1.54) is 12.5 Å². The number of alkyl halides is 3. The summed E-state index contributed by atoms with van der Waals surface area (Å²) in [6.45, 7) is 0. The summed E-state index contributed by atoms with van der Waals surface area (Å²) in [5.74, 6) is 1.80. The number of fused-ring (bicyclic) bond motifs is 1. The molecule has 1 aliphatic heterocycles. The lowest BCUT2D eigenvalue weighted by Gasteiger charge is -2.16. The zero-order valence-corrected chi connectivity index (χ0v) is 16.8. The van der Waals surface area contributed by atoms with Gasteiger partial charge in [-0.05, 0) is 37.5 Å². The maximum Gasteiger partial charge on any atom is 0.512 e. The topological polar surface area (TPSA) is 89.5 Å². The first-order valence-corrected chi connectivity index (χ1v) is 12.7. The fraction of sp³-hybridized carbons (Fsp3) is 0.375. The normalized spacial score (nSPS) is 17.0. The van der Waals surface area contributed by atoms with E-state index < -0.39 is 25.8 Å². The van der Waals surface area contributed by atoms with Crippen molar-refractivity contribution in [2.24, 2.45) is 0 Å². The molecule has 6 nitrogen and oxygen atoms in total. The SMILES string of the molecule is O=S(=O)(NS(=O)(=O)C(F)(F)F)Oc1ccc([S+]2CCCCC2)c2ccccc12. The van der Waals surface area contributed by atoms with Gasteiger partial charge in [-0.25, -0.2) is 8.42 Å². The molecule has 3 rings (SSSR count). The van der Waals surface area contributed by atoms with Crippen LogP contribution in [0.25, 0.3) is 10.8 Å². The molecule has 0 saturated carbocycles. The second-order valence-corrected chi connectivity index (χ2v) is 11.6. The van der Waals surface area contributed by atoms with Gasteiger partial charge in [-0.3, -0.25) is 0 Å². The molecule has 1 fully saturated rings. The summed E-state index contributed by atoms with van der Waals surface area (Å²) in [5.41, 5.74) is -5.78. The predicted octanol–water partition coefficient (Wildman–Crippen LogP) is 3.06. The largest absolute Gasteiger partial charge is 0.512 e. The molecule has 2 aromatic rings. The maximum absolute atomic E-state index is 12.4. The number of nitrogens with one attached hydrogen (secondary N) is 1. The minimum Gasteiger partial charge on any atom is -0.370 e. The number of halogens is 3. The van der Waals surface area contributed by atoms with Gasteiger partial charge in [0, 0.05) is 21.7 Å². The van der Waals surface area contributed by atoms with E-state index in [1.807, 2.05) is 0 Å². The van der Waals surface area contributed by atoms with Gasteiger partial charge in [-0.2, -0.15) is 21.6 Å². The van der Waals surface area contributed by atoms with Crippen LogP contribution in [0.4, 0.5) is 13.2 Å². The first-order valence-electron chi connectivity index (χ1n) is 8.24. The van der Waals surface area contributed by atoms with Crippen LogP contribution in [0.2, 0.25) is 0 Å². The summed E-state index contributed by atoms with van der Waals surface area (Å²) in [7, 11) is -11.4. The lowest BCUT2D eigenvalue weighted by Crippen LogP contribution is -2.42. The van der Waals surface area contributed by atoms with Gasteiger partial charge in [0.25, 0.3) is 0 Å². The summed E-state index contributed by atoms with van der Waals surface area (Å²) in [4.78, 5) is 1.04. The van der Waals surface area contributed by atoms with Crippen molar-refractivity contribution in [2.75, 3.05) is 11.5 Å². The Hall–Kier alpha value is -1.50. The van der Waals surface area contributed by atoms with Crippen LogP contribution >= 0.6 is 0 Å². The highest BCUT2D eigenvalue weighted by atomic mass is 32.3. The fourth-order valence-corrected chi connectivity index (χ4v) is 7.41. The molecule has 0 aliphatic carbocycles. The van der Waals surface area contributed by atoms with Crippen molar-refractivity contribution in [2.45, 2.75) is 29.7 Å². The smallest absolute Gasteiger partial charge is 0.370 e. The second-order valence-electron chi connectivity index (χ2n) is 6.14. The van der Waals surface area contributed by atoms with Crippen molar-refractivity contribution in [3.05, 3.63) is 36.4 Å². The van der Waals surface area contributed by atoms with Crippen molar-refractivity contribution in [1.29, 1.82) is 0 Å². The molecule has 0 spiro atoms. The third-order valence-electron chi connectivity index (χ3n) is 4.15. The zero-order valence-electron chi connectivity index (χ0n) is 14.4. The first-order chi connectivity index (χ1) is 13.0. The Balaban J connectivity index is 1.96. The van der Waals surface area contributed by atoms with Crippen LogP contribution in [-0.2, 0) is 31.2 Å². The minimum absolute atomic E-state index is 0.00694. The van der Waals surface area contributed by atoms with E-state index in [-0.39, 0.29) is 16.6 Å². The van der Waals surface area contributed by atoms with Gasteiger partial charge >= 0.3 is 25.8 Å². The highest BCUT2D eigenvalue weighted by Gasteiger charge is 2.49. The van der Waals surface area contributed by atoms with Crippen molar-refractivity contribution >= 4 is 42.0 Å². The lowest BCUT2D eigenvalue weighted by molar-refractivity contribution is -0.0442. The maximum atomic E-state index is 12.4. The Labute approximate surface area is 163 Å². The molecule has 1 saturated heterocycles. The van der Waals surface area contributed by atoms with Gasteiger partial charge in [-0.1, -0.05) is 22.3 Å². The van der Waals surface area contributed by atoms with E-state index in [2.05, 4.69) is 4.18 Å². The molecule has 0 atom stereocenters. The minimum atomic E-state index is -6.12. The van der Waals surface area contributed by atoms with Gasteiger partial charge in [0.05, 0.1) is 0 Å². The Bertz CT molecular complexity index is 1080. The summed E-state index contributed by atoms with van der Waals surface area (Å²) in [6.07, 6.45) is 3.37. The Morgan fingerprint density at radius 3 is 2.11 bits per heavy atom. The second kappa shape index (κ2) is 7.73. The summed E-state index contributed by atoms with van der Waals surface area (Å²) in [5, 5.41) is 1.12. The molecule has 1 aliphatic rings. The molecule has 0 radical (unpaired) electrons. The highest BCUT2D eigenvalue weighted by Crippen LogP contribution is 2.35. The van der Waals surface area contributed by atoms with Gasteiger partial charge in [0.2, 0.25) is 0 Å². The molecular formula is C16H17F3NO5S3+. The average molecular weight is 457 g/mol. The predicted molar refractivity (Wildman–Crippen MR) is 101 cm³/mol.